The predicted octanol–water partition coefficient (Wildman–Crippen LogP) is 5.12. The maximum Gasteiger partial charge on any atom is 0.0423 e. The van der Waals surface area contributed by atoms with Crippen LogP contribution in [-0.2, 0) is 6.42 Å². The van der Waals surface area contributed by atoms with Gasteiger partial charge in [-0.3, -0.25) is 0 Å². The number of benzene rings is 1. The van der Waals surface area contributed by atoms with Crippen LogP contribution in [0.15, 0.2) is 24.3 Å². The molecule has 1 aromatic carbocycles. The SMILES string of the molecule is CC(C)Cc1ccc(C(Br)C2CCC2)cc1. The highest BCUT2D eigenvalue weighted by molar-refractivity contribution is 9.09. The van der Waals surface area contributed by atoms with Gasteiger partial charge in [0.05, 0.1) is 0 Å². The van der Waals surface area contributed by atoms with E-state index in [-0.39, 0.29) is 0 Å². The van der Waals surface area contributed by atoms with Crippen molar-refractivity contribution in [2.45, 2.75) is 44.4 Å². The molecule has 0 spiro atoms. The molecule has 1 atom stereocenters. The first-order valence-electron chi connectivity index (χ1n) is 6.39. The molecule has 0 amide bonds. The third-order valence-electron chi connectivity index (χ3n) is 3.51. The summed E-state index contributed by atoms with van der Waals surface area (Å²) in [6.45, 7) is 4.55. The lowest BCUT2D eigenvalue weighted by Gasteiger charge is -2.30. The zero-order chi connectivity index (χ0) is 11.5. The summed E-state index contributed by atoms with van der Waals surface area (Å²) >= 11 is 3.84. The molecule has 1 saturated carbocycles. The van der Waals surface area contributed by atoms with Gasteiger partial charge in [-0.05, 0) is 42.2 Å². The summed E-state index contributed by atoms with van der Waals surface area (Å²) in [5, 5.41) is 0. The molecule has 0 saturated heterocycles. The Hall–Kier alpha value is -0.300. The molecule has 1 heteroatoms. The zero-order valence-electron chi connectivity index (χ0n) is 10.2. The lowest BCUT2D eigenvalue weighted by Crippen LogP contribution is -2.16. The fourth-order valence-electron chi connectivity index (χ4n) is 2.31. The number of rotatable bonds is 4. The first kappa shape index (κ1) is 12.2. The Labute approximate surface area is 108 Å². The minimum absolute atomic E-state index is 0.578. The molecule has 1 fully saturated rings. The fraction of sp³-hybridized carbons (Fsp3) is 0.600. The van der Waals surface area contributed by atoms with E-state index in [1.807, 2.05) is 0 Å². The van der Waals surface area contributed by atoms with E-state index >= 15 is 0 Å². The van der Waals surface area contributed by atoms with Gasteiger partial charge in [-0.25, -0.2) is 0 Å². The van der Waals surface area contributed by atoms with Crippen molar-refractivity contribution in [3.63, 3.8) is 0 Å². The number of halogens is 1. The van der Waals surface area contributed by atoms with Crippen molar-refractivity contribution in [1.29, 1.82) is 0 Å². The largest absolute Gasteiger partial charge is 0.0836 e. The van der Waals surface area contributed by atoms with Gasteiger partial charge in [-0.15, -0.1) is 0 Å². The molecule has 1 aliphatic rings. The Morgan fingerprint density at radius 1 is 1.19 bits per heavy atom. The summed E-state index contributed by atoms with van der Waals surface area (Å²) in [4.78, 5) is 0.578. The van der Waals surface area contributed by atoms with Crippen molar-refractivity contribution < 1.29 is 0 Å². The molecule has 1 aromatic rings. The summed E-state index contributed by atoms with van der Waals surface area (Å²) < 4.78 is 0. The number of hydrogen-bond donors (Lipinski definition) is 0. The molecule has 0 nitrogen and oxygen atoms in total. The van der Waals surface area contributed by atoms with E-state index in [2.05, 4.69) is 54.0 Å². The maximum absolute atomic E-state index is 3.84. The molecule has 0 heterocycles. The van der Waals surface area contributed by atoms with Crippen molar-refractivity contribution >= 4 is 15.9 Å². The topological polar surface area (TPSA) is 0 Å². The van der Waals surface area contributed by atoms with E-state index in [9.17, 15) is 0 Å². The second-order valence-electron chi connectivity index (χ2n) is 5.43. The minimum Gasteiger partial charge on any atom is -0.0836 e. The Morgan fingerprint density at radius 2 is 1.81 bits per heavy atom. The van der Waals surface area contributed by atoms with Gasteiger partial charge in [0.15, 0.2) is 0 Å². The van der Waals surface area contributed by atoms with Crippen LogP contribution in [0.3, 0.4) is 0 Å². The number of hydrogen-bond acceptors (Lipinski definition) is 0. The van der Waals surface area contributed by atoms with E-state index in [1.54, 1.807) is 0 Å². The van der Waals surface area contributed by atoms with Crippen LogP contribution in [0.5, 0.6) is 0 Å². The summed E-state index contributed by atoms with van der Waals surface area (Å²) in [5.74, 6) is 1.62. The summed E-state index contributed by atoms with van der Waals surface area (Å²) in [6, 6.07) is 9.19. The molecule has 88 valence electrons. The molecular weight excluding hydrogens is 260 g/mol. The van der Waals surface area contributed by atoms with E-state index in [4.69, 9.17) is 0 Å². The molecule has 2 rings (SSSR count). The Balaban J connectivity index is 2.00. The van der Waals surface area contributed by atoms with Crippen LogP contribution in [0, 0.1) is 11.8 Å². The molecule has 1 unspecified atom stereocenters. The highest BCUT2D eigenvalue weighted by atomic mass is 79.9. The Morgan fingerprint density at radius 3 is 2.25 bits per heavy atom. The smallest absolute Gasteiger partial charge is 0.0423 e. The van der Waals surface area contributed by atoms with E-state index in [0.717, 1.165) is 11.8 Å². The normalized spacial score (nSPS) is 18.5. The van der Waals surface area contributed by atoms with Crippen LogP contribution < -0.4 is 0 Å². The zero-order valence-corrected chi connectivity index (χ0v) is 11.8. The summed E-state index contributed by atoms with van der Waals surface area (Å²) in [5.41, 5.74) is 2.92. The average Bonchev–Trinajstić information content (AvgIpc) is 2.15. The van der Waals surface area contributed by atoms with Gasteiger partial charge < -0.3 is 0 Å². The van der Waals surface area contributed by atoms with Crippen LogP contribution in [0.2, 0.25) is 0 Å². The quantitative estimate of drug-likeness (QED) is 0.672. The average molecular weight is 281 g/mol. The van der Waals surface area contributed by atoms with Crippen molar-refractivity contribution in [1.82, 2.24) is 0 Å². The van der Waals surface area contributed by atoms with Gasteiger partial charge in [0.25, 0.3) is 0 Å². The monoisotopic (exact) mass is 280 g/mol. The highest BCUT2D eigenvalue weighted by Crippen LogP contribution is 2.42. The lowest BCUT2D eigenvalue weighted by molar-refractivity contribution is 0.312. The van der Waals surface area contributed by atoms with E-state index in [0.29, 0.717) is 4.83 Å². The third-order valence-corrected chi connectivity index (χ3v) is 4.78. The van der Waals surface area contributed by atoms with Gasteiger partial charge in [0, 0.05) is 4.83 Å². The first-order valence-corrected chi connectivity index (χ1v) is 7.31. The molecule has 0 aromatic heterocycles. The van der Waals surface area contributed by atoms with Crippen LogP contribution >= 0.6 is 15.9 Å². The van der Waals surface area contributed by atoms with Crippen LogP contribution in [0.25, 0.3) is 0 Å². The number of alkyl halides is 1. The van der Waals surface area contributed by atoms with E-state index in [1.165, 1.54) is 36.8 Å². The third kappa shape index (κ3) is 2.88. The van der Waals surface area contributed by atoms with Gasteiger partial charge in [-0.1, -0.05) is 60.5 Å². The molecule has 1 aliphatic carbocycles. The van der Waals surface area contributed by atoms with Gasteiger partial charge >= 0.3 is 0 Å². The maximum atomic E-state index is 3.84. The second-order valence-corrected chi connectivity index (χ2v) is 6.42. The second kappa shape index (κ2) is 5.35. The minimum atomic E-state index is 0.578. The van der Waals surface area contributed by atoms with E-state index < -0.39 is 0 Å². The van der Waals surface area contributed by atoms with Crippen LogP contribution in [-0.4, -0.2) is 0 Å². The highest BCUT2D eigenvalue weighted by Gasteiger charge is 2.26. The summed E-state index contributed by atoms with van der Waals surface area (Å²) in [6.07, 6.45) is 5.39. The Bertz CT molecular complexity index is 322. The van der Waals surface area contributed by atoms with Crippen LogP contribution in [0.1, 0.15) is 49.1 Å². The van der Waals surface area contributed by atoms with Gasteiger partial charge in [-0.2, -0.15) is 0 Å². The molecule has 0 aliphatic heterocycles. The first-order chi connectivity index (χ1) is 7.66. The molecule has 0 radical (unpaired) electrons. The molecule has 16 heavy (non-hydrogen) atoms. The van der Waals surface area contributed by atoms with Crippen molar-refractivity contribution in [3.05, 3.63) is 35.4 Å². The van der Waals surface area contributed by atoms with Crippen molar-refractivity contribution in [2.75, 3.05) is 0 Å². The summed E-state index contributed by atoms with van der Waals surface area (Å²) in [7, 11) is 0. The molecule has 0 bridgehead atoms. The van der Waals surface area contributed by atoms with Gasteiger partial charge in [0.2, 0.25) is 0 Å². The van der Waals surface area contributed by atoms with Gasteiger partial charge in [0.1, 0.15) is 0 Å². The standard InChI is InChI=1S/C15H21Br/c1-11(2)10-12-6-8-14(9-7-12)15(16)13-4-3-5-13/h6-9,11,13,15H,3-5,10H2,1-2H3. The van der Waals surface area contributed by atoms with Crippen LogP contribution in [0.4, 0.5) is 0 Å². The lowest BCUT2D eigenvalue weighted by atomic mass is 9.80. The van der Waals surface area contributed by atoms with Crippen molar-refractivity contribution in [3.8, 4) is 0 Å². The molecular formula is C15H21Br. The molecule has 0 N–H and O–H groups in total. The Kier molecular flexibility index (Phi) is 4.07. The fourth-order valence-corrected chi connectivity index (χ4v) is 3.15. The predicted molar refractivity (Wildman–Crippen MR) is 74.0 cm³/mol. The van der Waals surface area contributed by atoms with Crippen molar-refractivity contribution in [2.24, 2.45) is 11.8 Å².